The van der Waals surface area contributed by atoms with Crippen molar-refractivity contribution in [2.45, 2.75) is 0 Å². The fraction of sp³-hybridized carbons (Fsp3) is 0.385. The second kappa shape index (κ2) is 5.52. The lowest BCUT2D eigenvalue weighted by Crippen LogP contribution is -2.46. The molecule has 5 nitrogen and oxygen atoms in total. The number of carbonyl (C=O) groups is 1. The molecule has 0 bridgehead atoms. The molecule has 0 radical (unpaired) electrons. The SMILES string of the molecule is CNCC1COC(=O)N(c2ccccc2C#N)C1. The molecule has 0 saturated carbocycles. The van der Waals surface area contributed by atoms with E-state index in [1.807, 2.05) is 13.1 Å². The lowest BCUT2D eigenvalue weighted by molar-refractivity contribution is 0.115. The van der Waals surface area contributed by atoms with Crippen molar-refractivity contribution >= 4 is 11.8 Å². The highest BCUT2D eigenvalue weighted by atomic mass is 16.6. The zero-order chi connectivity index (χ0) is 13.0. The number of hydrogen-bond donors (Lipinski definition) is 1. The van der Waals surface area contributed by atoms with Crippen LogP contribution in [0.25, 0.3) is 0 Å². The van der Waals surface area contributed by atoms with Crippen LogP contribution in [-0.2, 0) is 4.74 Å². The molecule has 1 heterocycles. The van der Waals surface area contributed by atoms with Crippen LogP contribution in [0.5, 0.6) is 0 Å². The first kappa shape index (κ1) is 12.4. The van der Waals surface area contributed by atoms with Crippen LogP contribution in [0.2, 0.25) is 0 Å². The number of nitrogens with zero attached hydrogens (tertiary/aromatic N) is 2. The van der Waals surface area contributed by atoms with Gasteiger partial charge in [0, 0.05) is 19.0 Å². The minimum Gasteiger partial charge on any atom is -0.449 e. The highest BCUT2D eigenvalue weighted by Crippen LogP contribution is 2.24. The number of cyclic esters (lactones) is 1. The minimum atomic E-state index is -0.384. The Balaban J connectivity index is 2.25. The van der Waals surface area contributed by atoms with Gasteiger partial charge >= 0.3 is 6.09 Å². The van der Waals surface area contributed by atoms with Crippen molar-refractivity contribution in [3.63, 3.8) is 0 Å². The van der Waals surface area contributed by atoms with Crippen molar-refractivity contribution in [2.24, 2.45) is 5.92 Å². The number of hydrogen-bond acceptors (Lipinski definition) is 4. The van der Waals surface area contributed by atoms with Gasteiger partial charge < -0.3 is 10.1 Å². The van der Waals surface area contributed by atoms with Gasteiger partial charge in [0.05, 0.1) is 17.9 Å². The third-order valence-electron chi connectivity index (χ3n) is 2.91. The van der Waals surface area contributed by atoms with E-state index in [-0.39, 0.29) is 12.0 Å². The van der Waals surface area contributed by atoms with Crippen LogP contribution in [0.3, 0.4) is 0 Å². The average molecular weight is 245 g/mol. The fourth-order valence-corrected chi connectivity index (χ4v) is 2.06. The van der Waals surface area contributed by atoms with Crippen molar-refractivity contribution in [2.75, 3.05) is 31.6 Å². The van der Waals surface area contributed by atoms with Crippen molar-refractivity contribution in [3.05, 3.63) is 29.8 Å². The maximum Gasteiger partial charge on any atom is 0.414 e. The lowest BCUT2D eigenvalue weighted by Gasteiger charge is -2.32. The van der Waals surface area contributed by atoms with E-state index in [1.54, 1.807) is 18.2 Å². The predicted octanol–water partition coefficient (Wildman–Crippen LogP) is 1.35. The Labute approximate surface area is 106 Å². The normalized spacial score (nSPS) is 19.2. The Morgan fingerprint density at radius 1 is 1.56 bits per heavy atom. The number of carbonyl (C=O) groups excluding carboxylic acids is 1. The lowest BCUT2D eigenvalue weighted by atomic mass is 10.1. The number of anilines is 1. The van der Waals surface area contributed by atoms with E-state index in [9.17, 15) is 4.79 Å². The number of benzene rings is 1. The van der Waals surface area contributed by atoms with Gasteiger partial charge in [-0.25, -0.2) is 4.79 Å². The maximum absolute atomic E-state index is 11.8. The zero-order valence-electron chi connectivity index (χ0n) is 10.2. The van der Waals surface area contributed by atoms with Gasteiger partial charge in [0.1, 0.15) is 6.07 Å². The summed E-state index contributed by atoms with van der Waals surface area (Å²) in [6, 6.07) is 9.15. The third kappa shape index (κ3) is 2.44. The van der Waals surface area contributed by atoms with E-state index >= 15 is 0 Å². The molecule has 0 aliphatic carbocycles. The van der Waals surface area contributed by atoms with Crippen molar-refractivity contribution in [3.8, 4) is 6.07 Å². The first-order valence-corrected chi connectivity index (χ1v) is 5.84. The van der Waals surface area contributed by atoms with E-state index in [0.717, 1.165) is 6.54 Å². The second-order valence-electron chi connectivity index (χ2n) is 4.24. The quantitative estimate of drug-likeness (QED) is 0.873. The monoisotopic (exact) mass is 245 g/mol. The van der Waals surface area contributed by atoms with Crippen molar-refractivity contribution in [1.82, 2.24) is 5.32 Å². The molecule has 1 N–H and O–H groups in total. The summed E-state index contributed by atoms with van der Waals surface area (Å²) in [7, 11) is 1.87. The molecule has 0 aromatic heterocycles. The van der Waals surface area contributed by atoms with Crippen LogP contribution in [0.1, 0.15) is 5.56 Å². The molecule has 1 aliphatic rings. The molecule has 18 heavy (non-hydrogen) atoms. The molecule has 1 saturated heterocycles. The molecule has 2 rings (SSSR count). The van der Waals surface area contributed by atoms with Crippen molar-refractivity contribution < 1.29 is 9.53 Å². The number of amides is 1. The molecule has 1 amide bonds. The smallest absolute Gasteiger partial charge is 0.414 e. The molecule has 0 spiro atoms. The molecule has 94 valence electrons. The third-order valence-corrected chi connectivity index (χ3v) is 2.91. The van der Waals surface area contributed by atoms with E-state index in [4.69, 9.17) is 10.00 Å². The van der Waals surface area contributed by atoms with Crippen LogP contribution in [0, 0.1) is 17.2 Å². The summed E-state index contributed by atoms with van der Waals surface area (Å²) >= 11 is 0. The summed E-state index contributed by atoms with van der Waals surface area (Å²) in [4.78, 5) is 13.3. The topological polar surface area (TPSA) is 65.4 Å². The molecular weight excluding hydrogens is 230 g/mol. The number of nitrogens with one attached hydrogen (secondary N) is 1. The number of nitriles is 1. The summed E-state index contributed by atoms with van der Waals surface area (Å²) in [6.07, 6.45) is -0.384. The second-order valence-corrected chi connectivity index (χ2v) is 4.24. The van der Waals surface area contributed by atoms with Gasteiger partial charge in [-0.05, 0) is 19.2 Å². The van der Waals surface area contributed by atoms with E-state index in [1.165, 1.54) is 4.90 Å². The first-order chi connectivity index (χ1) is 8.76. The molecule has 1 atom stereocenters. The molecule has 1 aromatic carbocycles. The molecule has 5 heteroatoms. The zero-order valence-corrected chi connectivity index (χ0v) is 10.2. The molecule has 1 aromatic rings. The van der Waals surface area contributed by atoms with Crippen LogP contribution < -0.4 is 10.2 Å². The summed E-state index contributed by atoms with van der Waals surface area (Å²) in [5.41, 5.74) is 1.10. The van der Waals surface area contributed by atoms with Gasteiger partial charge in [0.25, 0.3) is 0 Å². The van der Waals surface area contributed by atoms with Gasteiger partial charge in [0.15, 0.2) is 0 Å². The van der Waals surface area contributed by atoms with Gasteiger partial charge in [-0.15, -0.1) is 0 Å². The number of ether oxygens (including phenoxy) is 1. The minimum absolute atomic E-state index is 0.236. The molecular formula is C13H15N3O2. The Hall–Kier alpha value is -2.06. The standard InChI is InChI=1S/C13H15N3O2/c1-15-7-10-8-16(13(17)18-9-10)12-5-3-2-4-11(12)6-14/h2-5,10,15H,7-9H2,1H3. The van der Waals surface area contributed by atoms with Gasteiger partial charge in [0.2, 0.25) is 0 Å². The van der Waals surface area contributed by atoms with Gasteiger partial charge in [-0.1, -0.05) is 12.1 Å². The van der Waals surface area contributed by atoms with Crippen LogP contribution in [0.15, 0.2) is 24.3 Å². The summed E-state index contributed by atoms with van der Waals surface area (Å²) < 4.78 is 5.15. The Kier molecular flexibility index (Phi) is 3.80. The van der Waals surface area contributed by atoms with Crippen LogP contribution in [0.4, 0.5) is 10.5 Å². The Morgan fingerprint density at radius 2 is 2.33 bits per heavy atom. The van der Waals surface area contributed by atoms with Gasteiger partial charge in [-0.3, -0.25) is 4.90 Å². The van der Waals surface area contributed by atoms with E-state index < -0.39 is 0 Å². The summed E-state index contributed by atoms with van der Waals surface area (Å²) in [6.45, 7) is 1.77. The molecule has 1 aliphatic heterocycles. The average Bonchev–Trinajstić information content (AvgIpc) is 2.41. The number of rotatable bonds is 3. The van der Waals surface area contributed by atoms with E-state index in [2.05, 4.69) is 11.4 Å². The highest BCUT2D eigenvalue weighted by Gasteiger charge is 2.29. The predicted molar refractivity (Wildman–Crippen MR) is 67.3 cm³/mol. The van der Waals surface area contributed by atoms with Crippen LogP contribution >= 0.6 is 0 Å². The van der Waals surface area contributed by atoms with Gasteiger partial charge in [-0.2, -0.15) is 5.26 Å². The van der Waals surface area contributed by atoms with Crippen molar-refractivity contribution in [1.29, 1.82) is 5.26 Å². The molecule has 1 unspecified atom stereocenters. The Bertz CT molecular complexity index is 481. The largest absolute Gasteiger partial charge is 0.449 e. The number of para-hydroxylation sites is 1. The first-order valence-electron chi connectivity index (χ1n) is 5.84. The maximum atomic E-state index is 11.8. The summed E-state index contributed by atoms with van der Waals surface area (Å²) in [5, 5.41) is 12.1. The summed E-state index contributed by atoms with van der Waals surface area (Å²) in [5.74, 6) is 0.236. The molecule has 1 fully saturated rings. The van der Waals surface area contributed by atoms with Crippen LogP contribution in [-0.4, -0.2) is 32.8 Å². The fourth-order valence-electron chi connectivity index (χ4n) is 2.06. The highest BCUT2D eigenvalue weighted by molar-refractivity contribution is 5.90. The Morgan fingerprint density at radius 3 is 3.06 bits per heavy atom. The van der Waals surface area contributed by atoms with E-state index in [0.29, 0.717) is 24.4 Å².